The van der Waals surface area contributed by atoms with Crippen molar-refractivity contribution in [2.45, 2.75) is 19.8 Å². The van der Waals surface area contributed by atoms with Gasteiger partial charge in [-0.2, -0.15) is 0 Å². The van der Waals surface area contributed by atoms with Crippen molar-refractivity contribution in [3.05, 3.63) is 0 Å². The summed E-state index contributed by atoms with van der Waals surface area (Å²) < 4.78 is 0. The number of hydrogen-bond acceptors (Lipinski definition) is 3. The minimum atomic E-state index is -0.807. The first-order valence-corrected chi connectivity index (χ1v) is 6.88. The minimum absolute atomic E-state index is 0.000255. The molecule has 6 nitrogen and oxygen atoms in total. The fraction of sp³-hybridized carbons (Fsp3) is 0.846. The standard InChI is InChI=1S/C13H23N3O3/c1-13(11(17)18)4-7-16(10-13)12(19)15-6-3-5-14(2)8-9-15/h3-10H2,1-2H3,(H,17,18). The zero-order valence-electron chi connectivity index (χ0n) is 11.8. The van der Waals surface area contributed by atoms with Gasteiger partial charge in [-0.25, -0.2) is 4.79 Å². The fourth-order valence-corrected chi connectivity index (χ4v) is 2.74. The predicted molar refractivity (Wildman–Crippen MR) is 71.0 cm³/mol. The van der Waals surface area contributed by atoms with Crippen molar-refractivity contribution in [1.29, 1.82) is 0 Å². The molecule has 2 amide bonds. The Balaban J connectivity index is 1.95. The lowest BCUT2D eigenvalue weighted by Gasteiger charge is -2.27. The molecule has 0 aromatic carbocycles. The van der Waals surface area contributed by atoms with Crippen molar-refractivity contribution >= 4 is 12.0 Å². The van der Waals surface area contributed by atoms with Crippen LogP contribution in [0.2, 0.25) is 0 Å². The van der Waals surface area contributed by atoms with E-state index in [4.69, 9.17) is 0 Å². The van der Waals surface area contributed by atoms with Crippen LogP contribution in [0.25, 0.3) is 0 Å². The van der Waals surface area contributed by atoms with Crippen molar-refractivity contribution in [3.8, 4) is 0 Å². The van der Waals surface area contributed by atoms with E-state index < -0.39 is 11.4 Å². The Kier molecular flexibility index (Phi) is 3.99. The predicted octanol–water partition coefficient (Wildman–Crippen LogP) is 0.540. The molecule has 2 fully saturated rings. The first-order chi connectivity index (χ1) is 8.92. The van der Waals surface area contributed by atoms with Crippen LogP contribution in [-0.4, -0.2) is 78.1 Å². The molecule has 2 saturated heterocycles. The van der Waals surface area contributed by atoms with E-state index in [1.165, 1.54) is 0 Å². The summed E-state index contributed by atoms with van der Waals surface area (Å²) in [6.45, 7) is 5.99. The Morgan fingerprint density at radius 2 is 1.79 bits per heavy atom. The SMILES string of the molecule is CN1CCCN(C(=O)N2CCC(C)(C(=O)O)C2)CC1. The van der Waals surface area contributed by atoms with Gasteiger partial charge in [0.05, 0.1) is 5.41 Å². The lowest BCUT2D eigenvalue weighted by atomic mass is 9.90. The van der Waals surface area contributed by atoms with Gasteiger partial charge in [0.2, 0.25) is 0 Å². The number of aliphatic carboxylic acids is 1. The molecule has 1 N–H and O–H groups in total. The van der Waals surface area contributed by atoms with Crippen LogP contribution in [0, 0.1) is 5.41 Å². The molecule has 2 heterocycles. The normalized spacial score (nSPS) is 29.4. The number of rotatable bonds is 1. The molecule has 0 aliphatic carbocycles. The molecule has 2 aliphatic rings. The number of likely N-dealkylation sites (tertiary alicyclic amines) is 1. The summed E-state index contributed by atoms with van der Waals surface area (Å²) in [5, 5.41) is 9.20. The van der Waals surface area contributed by atoms with E-state index in [2.05, 4.69) is 11.9 Å². The van der Waals surface area contributed by atoms with Gasteiger partial charge in [-0.15, -0.1) is 0 Å². The quantitative estimate of drug-likeness (QED) is 0.754. The molecule has 19 heavy (non-hydrogen) atoms. The van der Waals surface area contributed by atoms with Gasteiger partial charge in [0, 0.05) is 32.7 Å². The van der Waals surface area contributed by atoms with Gasteiger partial charge in [0.1, 0.15) is 0 Å². The van der Waals surface area contributed by atoms with Crippen molar-refractivity contribution in [2.24, 2.45) is 5.41 Å². The van der Waals surface area contributed by atoms with Gasteiger partial charge in [0.15, 0.2) is 0 Å². The van der Waals surface area contributed by atoms with Crippen molar-refractivity contribution in [2.75, 3.05) is 46.3 Å². The second-order valence-corrected chi connectivity index (χ2v) is 5.96. The van der Waals surface area contributed by atoms with E-state index in [-0.39, 0.29) is 6.03 Å². The van der Waals surface area contributed by atoms with Crippen molar-refractivity contribution in [1.82, 2.24) is 14.7 Å². The number of nitrogens with zero attached hydrogens (tertiary/aromatic N) is 3. The third-order valence-corrected chi connectivity index (χ3v) is 4.25. The van der Waals surface area contributed by atoms with E-state index in [0.29, 0.717) is 19.5 Å². The Morgan fingerprint density at radius 1 is 1.05 bits per heavy atom. The van der Waals surface area contributed by atoms with Crippen LogP contribution in [0.5, 0.6) is 0 Å². The van der Waals surface area contributed by atoms with E-state index >= 15 is 0 Å². The highest BCUT2D eigenvalue weighted by atomic mass is 16.4. The Bertz CT molecular complexity index is 374. The molecule has 6 heteroatoms. The monoisotopic (exact) mass is 269 g/mol. The number of carbonyl (C=O) groups excluding carboxylic acids is 1. The Labute approximate surface area is 114 Å². The average Bonchev–Trinajstić information content (AvgIpc) is 2.64. The first-order valence-electron chi connectivity index (χ1n) is 6.88. The highest BCUT2D eigenvalue weighted by Gasteiger charge is 2.43. The van der Waals surface area contributed by atoms with Gasteiger partial charge < -0.3 is 19.8 Å². The first kappa shape index (κ1) is 14.1. The molecule has 0 aromatic heterocycles. The lowest BCUT2D eigenvalue weighted by molar-refractivity contribution is -0.147. The fourth-order valence-electron chi connectivity index (χ4n) is 2.74. The number of carbonyl (C=O) groups is 2. The molecule has 1 atom stereocenters. The topological polar surface area (TPSA) is 64.1 Å². The third kappa shape index (κ3) is 3.00. The second-order valence-electron chi connectivity index (χ2n) is 5.96. The maximum atomic E-state index is 12.4. The van der Waals surface area contributed by atoms with E-state index in [1.807, 2.05) is 4.90 Å². The van der Waals surface area contributed by atoms with Gasteiger partial charge in [0.25, 0.3) is 0 Å². The van der Waals surface area contributed by atoms with Gasteiger partial charge in [-0.05, 0) is 33.4 Å². The number of carboxylic acids is 1. The zero-order chi connectivity index (χ0) is 14.0. The average molecular weight is 269 g/mol. The summed E-state index contributed by atoms with van der Waals surface area (Å²) in [5.74, 6) is -0.807. The molecule has 0 aromatic rings. The summed E-state index contributed by atoms with van der Waals surface area (Å²) >= 11 is 0. The lowest BCUT2D eigenvalue weighted by Crippen LogP contribution is -2.45. The van der Waals surface area contributed by atoms with Gasteiger partial charge >= 0.3 is 12.0 Å². The molecular formula is C13H23N3O3. The molecule has 0 saturated carbocycles. The van der Waals surface area contributed by atoms with E-state index in [1.54, 1.807) is 11.8 Å². The van der Waals surface area contributed by atoms with Crippen molar-refractivity contribution in [3.63, 3.8) is 0 Å². The van der Waals surface area contributed by atoms with Crippen molar-refractivity contribution < 1.29 is 14.7 Å². The molecule has 0 spiro atoms. The van der Waals surface area contributed by atoms with Gasteiger partial charge in [-0.1, -0.05) is 0 Å². The molecule has 108 valence electrons. The number of carboxylic acid groups (broad SMARTS) is 1. The van der Waals surface area contributed by atoms with Crippen LogP contribution < -0.4 is 0 Å². The maximum absolute atomic E-state index is 12.4. The molecule has 2 aliphatic heterocycles. The highest BCUT2D eigenvalue weighted by Crippen LogP contribution is 2.30. The van der Waals surface area contributed by atoms with Crippen LogP contribution in [0.15, 0.2) is 0 Å². The Morgan fingerprint density at radius 3 is 2.42 bits per heavy atom. The number of hydrogen-bond donors (Lipinski definition) is 1. The summed E-state index contributed by atoms with van der Waals surface area (Å²) in [4.78, 5) is 29.4. The Hall–Kier alpha value is -1.30. The van der Waals surface area contributed by atoms with Crippen LogP contribution in [0.1, 0.15) is 19.8 Å². The van der Waals surface area contributed by atoms with Crippen LogP contribution >= 0.6 is 0 Å². The largest absolute Gasteiger partial charge is 0.481 e. The highest BCUT2D eigenvalue weighted by molar-refractivity contribution is 5.79. The van der Waals surface area contributed by atoms with Crippen LogP contribution in [0.3, 0.4) is 0 Å². The van der Waals surface area contributed by atoms with Crippen LogP contribution in [-0.2, 0) is 4.79 Å². The molecule has 1 unspecified atom stereocenters. The molecule has 0 bridgehead atoms. The van der Waals surface area contributed by atoms with Crippen LogP contribution in [0.4, 0.5) is 4.79 Å². The number of amides is 2. The van der Waals surface area contributed by atoms with E-state index in [0.717, 1.165) is 32.6 Å². The smallest absolute Gasteiger partial charge is 0.320 e. The summed E-state index contributed by atoms with van der Waals surface area (Å²) in [6.07, 6.45) is 1.52. The number of urea groups is 1. The molecule has 0 radical (unpaired) electrons. The zero-order valence-corrected chi connectivity index (χ0v) is 11.8. The summed E-state index contributed by atoms with van der Waals surface area (Å²) in [5.41, 5.74) is -0.779. The summed E-state index contributed by atoms with van der Waals surface area (Å²) in [7, 11) is 2.06. The maximum Gasteiger partial charge on any atom is 0.320 e. The molecular weight excluding hydrogens is 246 g/mol. The number of likely N-dealkylation sites (N-methyl/N-ethyl adjacent to an activating group) is 1. The summed E-state index contributed by atoms with van der Waals surface area (Å²) in [6, 6.07) is 0.000255. The molecule has 2 rings (SSSR count). The van der Waals surface area contributed by atoms with E-state index in [9.17, 15) is 14.7 Å². The minimum Gasteiger partial charge on any atom is -0.481 e. The third-order valence-electron chi connectivity index (χ3n) is 4.25. The van der Waals surface area contributed by atoms with Gasteiger partial charge in [-0.3, -0.25) is 4.79 Å². The second kappa shape index (κ2) is 5.36.